The number of hydrogen-bond acceptors (Lipinski definition) is 11. The highest BCUT2D eigenvalue weighted by molar-refractivity contribution is 7.89. The molecule has 0 radical (unpaired) electrons. The molecule has 3 heterocycles. The van der Waals surface area contributed by atoms with Crippen molar-refractivity contribution in [2.75, 3.05) is 35.2 Å². The van der Waals surface area contributed by atoms with Gasteiger partial charge in [-0.1, -0.05) is 73.7 Å². The Labute approximate surface area is 318 Å². The van der Waals surface area contributed by atoms with E-state index in [1.807, 2.05) is 41.3 Å². The number of hydrogen-bond donors (Lipinski definition) is 7. The molecular weight excluding hydrogens is 725 g/mol. The highest BCUT2D eigenvalue weighted by Gasteiger charge is 2.44. The van der Waals surface area contributed by atoms with Crippen molar-refractivity contribution in [2.24, 2.45) is 5.14 Å². The summed E-state index contributed by atoms with van der Waals surface area (Å²) in [5, 5.41) is 39.3. The minimum absolute atomic E-state index is 0.0304. The Morgan fingerprint density at radius 3 is 2.33 bits per heavy atom. The fourth-order valence-electron chi connectivity index (χ4n) is 7.31. The van der Waals surface area contributed by atoms with Gasteiger partial charge < -0.3 is 40.9 Å². The summed E-state index contributed by atoms with van der Waals surface area (Å²) in [5.74, 6) is 0.598. The molecule has 288 valence electrons. The van der Waals surface area contributed by atoms with Gasteiger partial charge in [0.25, 0.3) is 0 Å². The second kappa shape index (κ2) is 16.0. The maximum atomic E-state index is 13.0. The second-order valence-electron chi connectivity index (χ2n) is 13.9. The molecule has 5 atom stereocenters. The molecule has 2 fully saturated rings. The lowest BCUT2D eigenvalue weighted by Crippen LogP contribution is -2.42. The summed E-state index contributed by atoms with van der Waals surface area (Å²) in [7, 11) is -3.94. The Morgan fingerprint density at radius 1 is 0.945 bits per heavy atom. The van der Waals surface area contributed by atoms with E-state index in [1.54, 1.807) is 23.9 Å². The minimum Gasteiger partial charge on any atom is -0.388 e. The summed E-state index contributed by atoms with van der Waals surface area (Å²) < 4.78 is 25.3. The van der Waals surface area contributed by atoms with Gasteiger partial charge in [-0.05, 0) is 42.2 Å². The third-order valence-corrected chi connectivity index (χ3v) is 11.1. The standard InChI is InChI=1S/C38H44N10O6S/c1-2-31(49)44-29-19-30(34(51)33(29)50)48-22-41-32-35(40-20-28(23-10-5-3-6-11-23)24-12-7-4-8-13-24)45-37(46-36(32)48)47-17-16-26(21-47)43-38(52)42-25-14-9-15-27(18-25)55(39,53)54/h3-15,18,22,26,28-30,33-34,50-51H,2,16-17,19-21H2,1H3,(H,44,49)(H2,39,53,54)(H,40,45,46)(H2,42,43,52)/t26-,29+,30-,33?,34+/m1/s1. The molecule has 0 bridgehead atoms. The topological polar surface area (TPSA) is 230 Å². The van der Waals surface area contributed by atoms with Crippen LogP contribution < -0.4 is 31.3 Å². The van der Waals surface area contributed by atoms with Gasteiger partial charge >= 0.3 is 6.03 Å². The number of sulfonamides is 1. The van der Waals surface area contributed by atoms with Crippen LogP contribution in [0.4, 0.5) is 22.2 Å². The molecule has 1 aliphatic carbocycles. The highest BCUT2D eigenvalue weighted by Crippen LogP contribution is 2.35. The molecule has 3 amide bonds. The predicted octanol–water partition coefficient (Wildman–Crippen LogP) is 2.68. The summed E-state index contributed by atoms with van der Waals surface area (Å²) in [5.41, 5.74) is 3.41. The number of benzene rings is 3. The zero-order chi connectivity index (χ0) is 38.7. The van der Waals surface area contributed by atoms with Crippen LogP contribution in [-0.2, 0) is 14.8 Å². The minimum atomic E-state index is -3.94. The normalized spacial score (nSPS) is 21.2. The number of nitrogens with two attached hydrogens (primary N) is 1. The average molecular weight is 769 g/mol. The van der Waals surface area contributed by atoms with Crippen molar-refractivity contribution in [2.45, 2.75) is 67.3 Å². The first kappa shape index (κ1) is 37.7. The summed E-state index contributed by atoms with van der Waals surface area (Å²) in [6, 6.07) is 23.9. The number of nitrogens with one attached hydrogen (secondary N) is 4. The average Bonchev–Trinajstić information content (AvgIpc) is 3.90. The lowest BCUT2D eigenvalue weighted by atomic mass is 9.91. The fraction of sp³-hybridized carbons (Fsp3) is 0.342. The zero-order valence-electron chi connectivity index (χ0n) is 30.1. The van der Waals surface area contributed by atoms with Crippen molar-refractivity contribution in [1.29, 1.82) is 0 Å². The number of imidazole rings is 1. The van der Waals surface area contributed by atoms with Crippen LogP contribution in [0.15, 0.2) is 96.2 Å². The van der Waals surface area contributed by atoms with E-state index in [9.17, 15) is 28.2 Å². The van der Waals surface area contributed by atoms with Gasteiger partial charge in [0.05, 0.1) is 23.3 Å². The predicted molar refractivity (Wildman–Crippen MR) is 207 cm³/mol. The van der Waals surface area contributed by atoms with Crippen molar-refractivity contribution < 1.29 is 28.2 Å². The first-order chi connectivity index (χ1) is 26.5. The highest BCUT2D eigenvalue weighted by atomic mass is 32.2. The maximum absolute atomic E-state index is 13.0. The first-order valence-corrected chi connectivity index (χ1v) is 19.7. The first-order valence-electron chi connectivity index (χ1n) is 18.2. The number of rotatable bonds is 12. The Bertz CT molecular complexity index is 2220. The smallest absolute Gasteiger partial charge is 0.319 e. The van der Waals surface area contributed by atoms with Gasteiger partial charge in [0.1, 0.15) is 12.2 Å². The van der Waals surface area contributed by atoms with E-state index in [0.717, 1.165) is 11.1 Å². The number of anilines is 3. The van der Waals surface area contributed by atoms with Crippen molar-refractivity contribution in [3.05, 3.63) is 102 Å². The SMILES string of the molecule is CCC(=O)N[C@H]1C[C@@H](n2cnc3c(NCC(c4ccccc4)c4ccccc4)nc(N4CC[C@@H](NC(=O)Nc5cccc(S(N)(=O)=O)c5)C4)nc32)[C@H](O)C1O. The van der Waals surface area contributed by atoms with Gasteiger partial charge in [0.2, 0.25) is 21.9 Å². The van der Waals surface area contributed by atoms with Gasteiger partial charge in [-0.2, -0.15) is 9.97 Å². The molecule has 2 aromatic heterocycles. The monoisotopic (exact) mass is 768 g/mol. The molecule has 8 N–H and O–H groups in total. The van der Waals surface area contributed by atoms with Crippen LogP contribution in [-0.4, -0.2) is 94.0 Å². The number of nitrogens with zero attached hydrogens (tertiary/aromatic N) is 5. The van der Waals surface area contributed by atoms with Crippen LogP contribution in [0.3, 0.4) is 0 Å². The van der Waals surface area contributed by atoms with Crippen molar-refractivity contribution in [1.82, 2.24) is 30.2 Å². The molecule has 17 heteroatoms. The van der Waals surface area contributed by atoms with Gasteiger partial charge in [-0.25, -0.2) is 23.3 Å². The third-order valence-electron chi connectivity index (χ3n) is 10.2. The van der Waals surface area contributed by atoms with Crippen LogP contribution in [0, 0.1) is 0 Å². The van der Waals surface area contributed by atoms with Crippen molar-refractivity contribution >= 4 is 50.6 Å². The Balaban J connectivity index is 1.16. The molecule has 3 aromatic carbocycles. The van der Waals surface area contributed by atoms with Crippen LogP contribution in [0.2, 0.25) is 0 Å². The number of urea groups is 1. The number of carbonyl (C=O) groups is 2. The number of aliphatic hydroxyl groups is 2. The van der Waals surface area contributed by atoms with Gasteiger partial charge in [0, 0.05) is 43.7 Å². The number of aliphatic hydroxyl groups excluding tert-OH is 2. The summed E-state index contributed by atoms with van der Waals surface area (Å²) >= 11 is 0. The molecule has 2 aliphatic rings. The molecule has 1 saturated carbocycles. The van der Waals surface area contributed by atoms with Crippen LogP contribution >= 0.6 is 0 Å². The lowest BCUT2D eigenvalue weighted by Gasteiger charge is -2.22. The maximum Gasteiger partial charge on any atom is 0.319 e. The van der Waals surface area contributed by atoms with Gasteiger partial charge in [0.15, 0.2) is 17.0 Å². The second-order valence-corrected chi connectivity index (χ2v) is 15.4. The van der Waals surface area contributed by atoms with Crippen LogP contribution in [0.1, 0.15) is 49.3 Å². The van der Waals surface area contributed by atoms with E-state index in [-0.39, 0.29) is 41.3 Å². The number of amides is 3. The molecule has 0 spiro atoms. The fourth-order valence-corrected chi connectivity index (χ4v) is 7.87. The van der Waals surface area contributed by atoms with E-state index in [0.29, 0.717) is 49.0 Å². The number of primary sulfonamides is 1. The molecule has 16 nitrogen and oxygen atoms in total. The molecule has 1 saturated heterocycles. The van der Waals surface area contributed by atoms with Gasteiger partial charge in [-0.3, -0.25) is 4.79 Å². The van der Waals surface area contributed by atoms with Gasteiger partial charge in [-0.15, -0.1) is 0 Å². The summed E-state index contributed by atoms with van der Waals surface area (Å²) in [6.07, 6.45) is 0.276. The molecule has 7 rings (SSSR count). The molecule has 1 aliphatic heterocycles. The third kappa shape index (κ3) is 8.39. The van der Waals surface area contributed by atoms with Crippen molar-refractivity contribution in [3.8, 4) is 0 Å². The van der Waals surface area contributed by atoms with E-state index < -0.39 is 40.3 Å². The number of fused-ring (bicyclic) bond motifs is 1. The van der Waals surface area contributed by atoms with E-state index >= 15 is 0 Å². The Kier molecular flexibility index (Phi) is 11.0. The number of aromatic nitrogens is 4. The summed E-state index contributed by atoms with van der Waals surface area (Å²) in [4.78, 5) is 41.6. The van der Waals surface area contributed by atoms with Crippen LogP contribution in [0.5, 0.6) is 0 Å². The summed E-state index contributed by atoms with van der Waals surface area (Å²) in [6.45, 7) is 3.08. The molecular formula is C38H44N10O6S. The van der Waals surface area contributed by atoms with Crippen LogP contribution in [0.25, 0.3) is 11.2 Å². The van der Waals surface area contributed by atoms with Crippen molar-refractivity contribution in [3.63, 3.8) is 0 Å². The zero-order valence-corrected chi connectivity index (χ0v) is 30.9. The van der Waals surface area contributed by atoms with E-state index in [4.69, 9.17) is 20.1 Å². The number of carbonyl (C=O) groups excluding carboxylic acids is 2. The molecule has 55 heavy (non-hydrogen) atoms. The Hall–Kier alpha value is -5.62. The molecule has 1 unspecified atom stereocenters. The molecule has 5 aromatic rings. The Morgan fingerprint density at radius 2 is 1.65 bits per heavy atom. The largest absolute Gasteiger partial charge is 0.388 e. The lowest BCUT2D eigenvalue weighted by molar-refractivity contribution is -0.122. The van der Waals surface area contributed by atoms with E-state index in [1.165, 1.54) is 18.2 Å². The quantitative estimate of drug-likeness (QED) is 0.0976. The van der Waals surface area contributed by atoms with E-state index in [2.05, 4.69) is 45.5 Å².